The van der Waals surface area contributed by atoms with Crippen molar-refractivity contribution in [2.24, 2.45) is 5.73 Å². The van der Waals surface area contributed by atoms with Crippen LogP contribution in [0.1, 0.15) is 104 Å². The van der Waals surface area contributed by atoms with E-state index in [1.165, 1.54) is 69.9 Å². The van der Waals surface area contributed by atoms with Gasteiger partial charge in [0.2, 0.25) is 0 Å². The van der Waals surface area contributed by atoms with E-state index in [9.17, 15) is 43.2 Å². The van der Waals surface area contributed by atoms with Gasteiger partial charge in [0.05, 0.1) is 115 Å². The maximum absolute atomic E-state index is 12.4. The lowest BCUT2D eigenvalue weighted by atomic mass is 10.1. The number of amides is 3. The van der Waals surface area contributed by atoms with Gasteiger partial charge in [0, 0.05) is 162 Å². The predicted molar refractivity (Wildman–Crippen MR) is 391 cm³/mol. The molecular weight excluding hydrogens is 1370 g/mol. The number of carboxylic acids is 2. The van der Waals surface area contributed by atoms with Gasteiger partial charge in [-0.2, -0.15) is 0 Å². The molecule has 0 radical (unpaired) electrons. The largest absolute Gasteiger partial charge is 0.478 e. The fourth-order valence-corrected chi connectivity index (χ4v) is 10.0. The normalized spacial score (nSPS) is 15.5. The number of morpholine rings is 5. The molecule has 104 heavy (non-hydrogen) atoms. The van der Waals surface area contributed by atoms with E-state index in [2.05, 4.69) is 49.3 Å². The van der Waals surface area contributed by atoms with Gasteiger partial charge < -0.3 is 79.0 Å². The van der Waals surface area contributed by atoms with Crippen LogP contribution in [0.25, 0.3) is 0 Å². The summed E-state index contributed by atoms with van der Waals surface area (Å²) in [7, 11) is 9.34. The number of nitrogens with one attached hydrogen (secondary N) is 2. The SMILES string of the molecule is CC(C)(C)OC(=O)NCCN1CCOCC1.CN(CCN1CCOCC1)C(=O)c1cccc(C(=O)O)c1.CNCCN1CCOCC1.COC(=O)c1cccc(C(=O)Cl)c1.COC(=O)c1cccc(C(=O)N(C)CCN2CCOCC2)c1.COC(=O)c1cccc(C(=O)O)c1.NCCN1CCOCC1. The summed E-state index contributed by atoms with van der Waals surface area (Å²) in [5, 5.41) is 22.9. The quantitative estimate of drug-likeness (QED) is 0.0415. The first-order valence-corrected chi connectivity index (χ1v) is 34.9. The number of halogens is 1. The number of hydrogen-bond donors (Lipinski definition) is 5. The molecule has 5 heterocycles. The highest BCUT2D eigenvalue weighted by Gasteiger charge is 2.21. The molecule has 0 aromatic heterocycles. The summed E-state index contributed by atoms with van der Waals surface area (Å²) in [5.41, 5.74) is 7.26. The summed E-state index contributed by atoms with van der Waals surface area (Å²) in [6, 6.07) is 24.4. The Morgan fingerprint density at radius 2 is 0.731 bits per heavy atom. The Morgan fingerprint density at radius 3 is 1.04 bits per heavy atom. The number of likely N-dealkylation sites (N-methyl/N-ethyl adjacent to an activating group) is 3. The van der Waals surface area contributed by atoms with E-state index >= 15 is 0 Å². The number of nitrogens with zero attached hydrogens (tertiary/aromatic N) is 7. The molecule has 0 spiro atoms. The highest BCUT2D eigenvalue weighted by molar-refractivity contribution is 6.67. The van der Waals surface area contributed by atoms with E-state index in [0.717, 1.165) is 177 Å². The summed E-state index contributed by atoms with van der Waals surface area (Å²) in [4.78, 5) is 117. The van der Waals surface area contributed by atoms with Crippen molar-refractivity contribution < 1.29 is 96.0 Å². The number of carboxylic acid groups (broad SMARTS) is 2. The standard InChI is InChI=1S/C16H22N2O4.C15H20N2O4.C11H22N2O3.C9H7ClO3.C9H8O4.C7H16N2O.C6H14N2O/c1-17(6-7-18-8-10-22-11-9-18)15(19)13-4-3-5-14(12-13)16(20)21-2;1-16(5-6-17-7-9-21-10-8-17)14(18)12-3-2-4-13(11-12)15(19)20;1-11(2,3)16-10(14)12-4-5-13-6-8-15-9-7-13;2*1-13-9(12)7-4-2-3-6(5-7)8(10)11;1-8-2-3-9-4-6-10-7-5-9;7-1-2-8-3-5-9-6-4-8/h3-5,12H,6-11H2,1-2H3;2-4,11H,5-10H2,1H3,(H,19,20);4-9H2,1-3H3,(H,12,14);2-5H,1H3;2-5H,1H3,(H,10,11);8H,2-7H2,1H3;1-7H2. The summed E-state index contributed by atoms with van der Waals surface area (Å²) in [5.74, 6) is -3.81. The topological polar surface area (TPSA) is 350 Å². The van der Waals surface area contributed by atoms with Gasteiger partial charge in [-0.05, 0) is 106 Å². The van der Waals surface area contributed by atoms with Crippen molar-refractivity contribution in [3.63, 3.8) is 0 Å². The molecule has 5 saturated heterocycles. The molecule has 6 N–H and O–H groups in total. The molecule has 0 bridgehead atoms. The Kier molecular flexibility index (Phi) is 45.0. The smallest absolute Gasteiger partial charge is 0.407 e. The first kappa shape index (κ1) is 90.1. The number of carbonyl (C=O) groups is 9. The van der Waals surface area contributed by atoms with Gasteiger partial charge in [-0.3, -0.25) is 38.9 Å². The minimum atomic E-state index is -1.06. The van der Waals surface area contributed by atoms with Crippen LogP contribution in [0.3, 0.4) is 0 Å². The fourth-order valence-electron chi connectivity index (χ4n) is 9.90. The number of aromatic carboxylic acids is 2. The van der Waals surface area contributed by atoms with Crippen LogP contribution in [-0.4, -0.2) is 343 Å². The number of hydrogen-bond acceptors (Lipinski definition) is 25. The van der Waals surface area contributed by atoms with Gasteiger partial charge in [-0.25, -0.2) is 28.8 Å². The predicted octanol–water partition coefficient (Wildman–Crippen LogP) is 4.35. The maximum Gasteiger partial charge on any atom is 0.407 e. The average molecular weight is 1480 g/mol. The lowest BCUT2D eigenvalue weighted by molar-refractivity contribution is 0.0336. The Labute approximate surface area is 616 Å². The van der Waals surface area contributed by atoms with Crippen LogP contribution in [0.2, 0.25) is 0 Å². The minimum absolute atomic E-state index is 0.0721. The molecule has 5 fully saturated rings. The van der Waals surface area contributed by atoms with Crippen molar-refractivity contribution in [3.05, 3.63) is 142 Å². The van der Waals surface area contributed by atoms with E-state index in [4.69, 9.17) is 56.0 Å². The zero-order chi connectivity index (χ0) is 76.7. The summed E-state index contributed by atoms with van der Waals surface area (Å²) in [6.07, 6.45) is -0.347. The molecule has 9 rings (SSSR count). The van der Waals surface area contributed by atoms with Gasteiger partial charge in [0.25, 0.3) is 17.1 Å². The van der Waals surface area contributed by atoms with Crippen molar-refractivity contribution in [3.8, 4) is 0 Å². The number of methoxy groups -OCH3 is 3. The lowest BCUT2D eigenvalue weighted by Crippen LogP contribution is -2.42. The third kappa shape index (κ3) is 38.1. The summed E-state index contributed by atoms with van der Waals surface area (Å²) in [6.45, 7) is 31.8. The second-order valence-electron chi connectivity index (χ2n) is 24.7. The monoisotopic (exact) mass is 1480 g/mol. The fraction of sp³-hybridized carbons (Fsp3) is 0.548. The maximum atomic E-state index is 12.4. The van der Waals surface area contributed by atoms with Crippen LogP contribution in [-0.2, 0) is 42.6 Å². The zero-order valence-electron chi connectivity index (χ0n) is 61.8. The van der Waals surface area contributed by atoms with Crippen molar-refractivity contribution in [1.29, 1.82) is 0 Å². The third-order valence-corrected chi connectivity index (χ3v) is 16.1. The molecule has 31 heteroatoms. The molecular formula is C73H109ClN10O20. The average Bonchev–Trinajstić information content (AvgIpc) is 0.876. The second kappa shape index (κ2) is 52.0. The number of benzene rings is 4. The molecule has 3 amide bonds. The Balaban J connectivity index is 0.000000322. The number of ether oxygens (including phenoxy) is 9. The van der Waals surface area contributed by atoms with Gasteiger partial charge in [0.1, 0.15) is 5.60 Å². The van der Waals surface area contributed by atoms with E-state index in [0.29, 0.717) is 41.9 Å². The molecule has 4 aromatic rings. The molecule has 0 atom stereocenters. The first-order chi connectivity index (χ1) is 49.8. The van der Waals surface area contributed by atoms with Crippen LogP contribution >= 0.6 is 11.6 Å². The summed E-state index contributed by atoms with van der Waals surface area (Å²) >= 11 is 5.23. The van der Waals surface area contributed by atoms with Gasteiger partial charge >= 0.3 is 35.9 Å². The minimum Gasteiger partial charge on any atom is -0.478 e. The summed E-state index contributed by atoms with van der Waals surface area (Å²) < 4.78 is 44.9. The number of alkyl carbamates (subject to hydrolysis) is 1. The Morgan fingerprint density at radius 1 is 0.452 bits per heavy atom. The number of nitrogens with two attached hydrogens (primary N) is 1. The zero-order valence-corrected chi connectivity index (χ0v) is 62.5. The van der Waals surface area contributed by atoms with Gasteiger partial charge in [-0.15, -0.1) is 0 Å². The number of rotatable bonds is 22. The molecule has 0 unspecified atom stereocenters. The molecule has 30 nitrogen and oxygen atoms in total. The van der Waals surface area contributed by atoms with Crippen molar-refractivity contribution in [2.45, 2.75) is 26.4 Å². The Hall–Kier alpha value is -8.08. The van der Waals surface area contributed by atoms with Crippen LogP contribution < -0.4 is 16.4 Å². The molecule has 5 aliphatic rings. The van der Waals surface area contributed by atoms with E-state index in [-0.39, 0.29) is 40.2 Å². The second-order valence-corrected chi connectivity index (χ2v) is 25.1. The van der Waals surface area contributed by atoms with Crippen LogP contribution in [0, 0.1) is 0 Å². The van der Waals surface area contributed by atoms with Gasteiger partial charge in [0.15, 0.2) is 0 Å². The van der Waals surface area contributed by atoms with E-state index in [1.807, 2.05) is 27.8 Å². The van der Waals surface area contributed by atoms with Crippen molar-refractivity contribution >= 4 is 64.6 Å². The van der Waals surface area contributed by atoms with Crippen molar-refractivity contribution in [2.75, 3.05) is 239 Å². The van der Waals surface area contributed by atoms with Crippen molar-refractivity contribution in [1.82, 2.24) is 44.9 Å². The van der Waals surface area contributed by atoms with Crippen LogP contribution in [0.15, 0.2) is 97.1 Å². The highest BCUT2D eigenvalue weighted by atomic mass is 35.5. The van der Waals surface area contributed by atoms with Gasteiger partial charge in [-0.1, -0.05) is 30.3 Å². The molecule has 578 valence electrons. The number of esters is 3. The van der Waals surface area contributed by atoms with Crippen LogP contribution in [0.5, 0.6) is 0 Å². The Bertz CT molecular complexity index is 3130. The molecule has 0 aliphatic carbocycles. The first-order valence-electron chi connectivity index (χ1n) is 34.5. The molecule has 0 saturated carbocycles. The third-order valence-electron chi connectivity index (χ3n) is 15.9. The highest BCUT2D eigenvalue weighted by Crippen LogP contribution is 2.14. The van der Waals surface area contributed by atoms with E-state index < -0.39 is 40.7 Å². The molecule has 4 aromatic carbocycles. The lowest BCUT2D eigenvalue weighted by Gasteiger charge is -2.28. The number of carbonyl (C=O) groups excluding carboxylic acids is 7. The molecule has 5 aliphatic heterocycles. The van der Waals surface area contributed by atoms with E-state index in [1.54, 1.807) is 72.4 Å². The van der Waals surface area contributed by atoms with Crippen LogP contribution in [0.4, 0.5) is 4.79 Å².